The molecule has 2 atom stereocenters. The molecule has 0 bridgehead atoms. The van der Waals surface area contributed by atoms with Crippen LogP contribution in [0.3, 0.4) is 0 Å². The summed E-state index contributed by atoms with van der Waals surface area (Å²) in [5.41, 5.74) is 0. The summed E-state index contributed by atoms with van der Waals surface area (Å²) in [6.07, 6.45) is 90.3. The SMILES string of the molecule is CCCCCC/C=C\C/C=C\CCCCCCCC(=O)OCCCCCCCCCCCCC/C=C\C/C=C\CCCCCCCCCCCCCCCCCCCC(=O)NC(CO)C(O)/C=C/CCCCCCCCCCC. The molecule has 0 aliphatic rings. The number of amides is 1. The van der Waals surface area contributed by atoms with Crippen LogP contribution in [0.2, 0.25) is 0 Å². The van der Waals surface area contributed by atoms with Crippen molar-refractivity contribution in [2.45, 2.75) is 379 Å². The minimum absolute atomic E-state index is 0.00277. The van der Waals surface area contributed by atoms with E-state index in [9.17, 15) is 19.8 Å². The molecule has 3 N–H and O–H groups in total. The van der Waals surface area contributed by atoms with E-state index in [-0.39, 0.29) is 18.5 Å². The Morgan fingerprint density at radius 3 is 0.975 bits per heavy atom. The fourth-order valence-electron chi connectivity index (χ4n) is 10.6. The normalized spacial score (nSPS) is 12.9. The third kappa shape index (κ3) is 64.6. The van der Waals surface area contributed by atoms with Crippen LogP contribution in [0.1, 0.15) is 367 Å². The van der Waals surface area contributed by atoms with E-state index in [0.29, 0.717) is 19.4 Å². The van der Waals surface area contributed by atoms with Crippen molar-refractivity contribution < 1.29 is 24.5 Å². The fraction of sp³-hybridized carbons (Fsp3) is 0.836. The van der Waals surface area contributed by atoms with E-state index >= 15 is 0 Å². The number of allylic oxidation sites excluding steroid dienone is 9. The summed E-state index contributed by atoms with van der Waals surface area (Å²) < 4.78 is 5.49. The Bertz CT molecular complexity index is 1370. The first-order chi connectivity index (χ1) is 39.0. The Labute approximate surface area is 492 Å². The van der Waals surface area contributed by atoms with Crippen molar-refractivity contribution in [3.63, 3.8) is 0 Å². The third-order valence-electron chi connectivity index (χ3n) is 16.0. The van der Waals surface area contributed by atoms with E-state index < -0.39 is 12.1 Å². The quantitative estimate of drug-likeness (QED) is 0.0320. The Kier molecular flexibility index (Phi) is 66.0. The van der Waals surface area contributed by atoms with Crippen molar-refractivity contribution in [1.29, 1.82) is 0 Å². The van der Waals surface area contributed by atoms with Gasteiger partial charge in [-0.3, -0.25) is 9.59 Å². The summed E-state index contributed by atoms with van der Waals surface area (Å²) in [4.78, 5) is 24.5. The molecule has 6 nitrogen and oxygen atoms in total. The van der Waals surface area contributed by atoms with Gasteiger partial charge in [0.2, 0.25) is 5.91 Å². The number of hydrogen-bond donors (Lipinski definition) is 3. The molecule has 79 heavy (non-hydrogen) atoms. The van der Waals surface area contributed by atoms with Crippen molar-refractivity contribution >= 4 is 11.9 Å². The standard InChI is InChI=1S/C73H135NO5/c1-3-5-7-9-11-13-15-16-17-40-43-47-51-55-59-63-67-73(78)79-68-64-60-56-52-48-44-41-38-36-34-32-30-28-26-24-22-20-18-19-21-23-25-27-29-31-33-35-37-39-42-46-50-54-58-62-66-72(77)74-70(69-75)71(76)65-61-57-53-49-45-14-12-10-8-6-4-2/h13,15,17,20,22,26,28,40,61,65,70-71,75-76H,3-12,14,16,18-19,21,23-25,27,29-39,41-60,62-64,66-69H2,1-2H3,(H,74,77)/b15-13-,22-20-,28-26-,40-17-,65-61+. The lowest BCUT2D eigenvalue weighted by molar-refractivity contribution is -0.143. The highest BCUT2D eigenvalue weighted by Crippen LogP contribution is 2.17. The fourth-order valence-corrected chi connectivity index (χ4v) is 10.6. The third-order valence-corrected chi connectivity index (χ3v) is 16.0. The molecule has 0 radical (unpaired) electrons. The molecule has 6 heteroatoms. The van der Waals surface area contributed by atoms with Gasteiger partial charge in [0.1, 0.15) is 0 Å². The molecular formula is C73H135NO5. The van der Waals surface area contributed by atoms with Gasteiger partial charge in [0, 0.05) is 12.8 Å². The van der Waals surface area contributed by atoms with Crippen molar-refractivity contribution in [3.8, 4) is 0 Å². The summed E-state index contributed by atoms with van der Waals surface area (Å²) in [7, 11) is 0. The van der Waals surface area contributed by atoms with Crippen LogP contribution in [0.15, 0.2) is 60.8 Å². The molecule has 0 aromatic rings. The Balaban J connectivity index is 3.37. The first kappa shape index (κ1) is 76.6. The van der Waals surface area contributed by atoms with Crippen molar-refractivity contribution in [2.75, 3.05) is 13.2 Å². The van der Waals surface area contributed by atoms with Gasteiger partial charge in [-0.1, -0.05) is 319 Å². The maximum absolute atomic E-state index is 12.4. The largest absolute Gasteiger partial charge is 0.466 e. The number of hydrogen-bond acceptors (Lipinski definition) is 5. The Morgan fingerprint density at radius 2 is 0.633 bits per heavy atom. The number of carbonyl (C=O) groups is 2. The lowest BCUT2D eigenvalue weighted by Gasteiger charge is -2.20. The number of ether oxygens (including phenoxy) is 1. The van der Waals surface area contributed by atoms with Gasteiger partial charge in [-0.25, -0.2) is 0 Å². The molecule has 0 spiro atoms. The highest BCUT2D eigenvalue weighted by Gasteiger charge is 2.18. The molecule has 0 heterocycles. The van der Waals surface area contributed by atoms with Crippen LogP contribution in [0.4, 0.5) is 0 Å². The van der Waals surface area contributed by atoms with Crippen molar-refractivity contribution in [1.82, 2.24) is 5.32 Å². The molecule has 0 aliphatic carbocycles. The van der Waals surface area contributed by atoms with Gasteiger partial charge in [-0.05, 0) is 96.3 Å². The van der Waals surface area contributed by atoms with Crippen LogP contribution in [-0.4, -0.2) is 47.4 Å². The minimum atomic E-state index is -0.842. The first-order valence-corrected chi connectivity index (χ1v) is 35.1. The van der Waals surface area contributed by atoms with Gasteiger partial charge in [0.15, 0.2) is 0 Å². The number of aliphatic hydroxyl groups is 2. The zero-order valence-corrected chi connectivity index (χ0v) is 52.9. The average molecular weight is 1110 g/mol. The molecular weight excluding hydrogens is 971 g/mol. The van der Waals surface area contributed by atoms with E-state index in [2.05, 4.69) is 67.8 Å². The van der Waals surface area contributed by atoms with Gasteiger partial charge < -0.3 is 20.3 Å². The molecule has 0 saturated carbocycles. The highest BCUT2D eigenvalue weighted by molar-refractivity contribution is 5.76. The van der Waals surface area contributed by atoms with Crippen LogP contribution >= 0.6 is 0 Å². The van der Waals surface area contributed by atoms with Gasteiger partial charge in [0.25, 0.3) is 0 Å². The second-order valence-electron chi connectivity index (χ2n) is 23.9. The smallest absolute Gasteiger partial charge is 0.305 e. The number of carbonyl (C=O) groups excluding carboxylic acids is 2. The summed E-state index contributed by atoms with van der Waals surface area (Å²) in [6, 6.07) is -0.625. The first-order valence-electron chi connectivity index (χ1n) is 35.1. The number of aliphatic hydroxyl groups excluding tert-OH is 2. The second-order valence-corrected chi connectivity index (χ2v) is 23.9. The molecule has 1 amide bonds. The number of esters is 1. The summed E-state index contributed by atoms with van der Waals surface area (Å²) in [5, 5.41) is 23.1. The van der Waals surface area contributed by atoms with E-state index in [1.807, 2.05) is 6.08 Å². The maximum atomic E-state index is 12.4. The van der Waals surface area contributed by atoms with Crippen LogP contribution in [0.25, 0.3) is 0 Å². The summed E-state index contributed by atoms with van der Waals surface area (Å²) >= 11 is 0. The topological polar surface area (TPSA) is 95.9 Å². The van der Waals surface area contributed by atoms with Gasteiger partial charge in [-0.2, -0.15) is 0 Å². The Morgan fingerprint density at radius 1 is 0.354 bits per heavy atom. The van der Waals surface area contributed by atoms with Crippen LogP contribution in [0.5, 0.6) is 0 Å². The number of unbranched alkanes of at least 4 members (excludes halogenated alkanes) is 46. The number of rotatable bonds is 65. The lowest BCUT2D eigenvalue weighted by atomic mass is 10.0. The van der Waals surface area contributed by atoms with Gasteiger partial charge in [-0.15, -0.1) is 0 Å². The summed E-state index contributed by atoms with van der Waals surface area (Å²) in [5.74, 6) is -0.0636. The van der Waals surface area contributed by atoms with Crippen LogP contribution < -0.4 is 5.32 Å². The lowest BCUT2D eigenvalue weighted by Crippen LogP contribution is -2.45. The van der Waals surface area contributed by atoms with Crippen molar-refractivity contribution in [3.05, 3.63) is 60.8 Å². The highest BCUT2D eigenvalue weighted by atomic mass is 16.5. The molecule has 0 saturated heterocycles. The van der Waals surface area contributed by atoms with Gasteiger partial charge in [0.05, 0.1) is 25.4 Å². The molecule has 0 fully saturated rings. The summed E-state index contributed by atoms with van der Waals surface area (Å²) in [6.45, 7) is 4.88. The van der Waals surface area contributed by atoms with Gasteiger partial charge >= 0.3 is 5.97 Å². The van der Waals surface area contributed by atoms with E-state index in [0.717, 1.165) is 57.8 Å². The number of nitrogens with one attached hydrogen (secondary N) is 1. The predicted molar refractivity (Wildman–Crippen MR) is 347 cm³/mol. The second kappa shape index (κ2) is 68.1. The van der Waals surface area contributed by atoms with E-state index in [1.165, 1.54) is 283 Å². The maximum Gasteiger partial charge on any atom is 0.305 e. The molecule has 0 aliphatic heterocycles. The average Bonchev–Trinajstić information content (AvgIpc) is 3.45. The van der Waals surface area contributed by atoms with Crippen LogP contribution in [-0.2, 0) is 14.3 Å². The van der Waals surface area contributed by atoms with Crippen LogP contribution in [0, 0.1) is 0 Å². The predicted octanol–water partition coefficient (Wildman–Crippen LogP) is 22.6. The molecule has 0 aromatic heterocycles. The zero-order valence-electron chi connectivity index (χ0n) is 52.9. The zero-order chi connectivity index (χ0) is 57.1. The molecule has 2 unspecified atom stereocenters. The van der Waals surface area contributed by atoms with E-state index in [4.69, 9.17) is 4.74 Å². The minimum Gasteiger partial charge on any atom is -0.466 e. The Hall–Kier alpha value is -2.44. The van der Waals surface area contributed by atoms with Crippen molar-refractivity contribution in [2.24, 2.45) is 0 Å². The monoisotopic (exact) mass is 1110 g/mol. The van der Waals surface area contributed by atoms with E-state index in [1.54, 1.807) is 6.08 Å². The molecule has 462 valence electrons. The molecule has 0 aromatic carbocycles. The molecule has 0 rings (SSSR count).